The van der Waals surface area contributed by atoms with Crippen LogP contribution in [-0.2, 0) is 25.7 Å². The highest BCUT2D eigenvalue weighted by atomic mass is 35.5. The van der Waals surface area contributed by atoms with Gasteiger partial charge in [0.15, 0.2) is 18.1 Å². The summed E-state index contributed by atoms with van der Waals surface area (Å²) in [6.07, 6.45) is 0. The highest BCUT2D eigenvalue weighted by molar-refractivity contribution is 6.30. The number of oxime groups is 1. The molecule has 2 aromatic rings. The summed E-state index contributed by atoms with van der Waals surface area (Å²) in [5.41, 5.74) is 2.20. The molecule has 0 atom stereocenters. The fourth-order valence-corrected chi connectivity index (χ4v) is 2.52. The van der Waals surface area contributed by atoms with Crippen molar-refractivity contribution in [3.8, 4) is 11.5 Å². The van der Waals surface area contributed by atoms with Crippen LogP contribution in [0.5, 0.6) is 11.5 Å². The van der Waals surface area contributed by atoms with Crippen LogP contribution in [0.15, 0.2) is 47.6 Å². The van der Waals surface area contributed by atoms with Crippen LogP contribution >= 0.6 is 11.6 Å². The van der Waals surface area contributed by atoms with E-state index in [1.54, 1.807) is 49.4 Å². The van der Waals surface area contributed by atoms with Gasteiger partial charge >= 0.3 is 5.97 Å². The maximum Gasteiger partial charge on any atom is 0.347 e. The molecular weight excluding hydrogens is 400 g/mol. The van der Waals surface area contributed by atoms with Gasteiger partial charge in [0.2, 0.25) is 13.4 Å². The van der Waals surface area contributed by atoms with E-state index in [-0.39, 0.29) is 6.79 Å². The quantitative estimate of drug-likeness (QED) is 0.402. The molecule has 0 radical (unpaired) electrons. The Balaban J connectivity index is 1.36. The predicted molar refractivity (Wildman–Crippen MR) is 105 cm³/mol. The van der Waals surface area contributed by atoms with Gasteiger partial charge in [-0.3, -0.25) is 4.79 Å². The molecule has 152 valence electrons. The first-order valence-electron chi connectivity index (χ1n) is 8.74. The minimum atomic E-state index is -0.700. The second-order valence-electron chi connectivity index (χ2n) is 6.08. The van der Waals surface area contributed by atoms with Gasteiger partial charge < -0.3 is 24.4 Å². The molecule has 3 rings (SSSR count). The topological polar surface area (TPSA) is 95.5 Å². The van der Waals surface area contributed by atoms with Crippen molar-refractivity contribution in [2.75, 3.05) is 20.0 Å². The van der Waals surface area contributed by atoms with Crippen molar-refractivity contribution in [2.24, 2.45) is 5.16 Å². The van der Waals surface area contributed by atoms with Crippen LogP contribution in [0.1, 0.15) is 18.1 Å². The van der Waals surface area contributed by atoms with Gasteiger partial charge in [0.1, 0.15) is 0 Å². The molecule has 0 unspecified atom stereocenters. The molecule has 2 aromatic carbocycles. The van der Waals surface area contributed by atoms with Crippen LogP contribution in [0.3, 0.4) is 0 Å². The van der Waals surface area contributed by atoms with Crippen LogP contribution in [-0.4, -0.2) is 37.6 Å². The van der Waals surface area contributed by atoms with Crippen LogP contribution < -0.4 is 14.8 Å². The van der Waals surface area contributed by atoms with Gasteiger partial charge in [0.25, 0.3) is 5.91 Å². The molecule has 9 heteroatoms. The van der Waals surface area contributed by atoms with Crippen LogP contribution in [0, 0.1) is 0 Å². The smallest absolute Gasteiger partial charge is 0.347 e. The first kappa shape index (κ1) is 20.5. The van der Waals surface area contributed by atoms with Gasteiger partial charge in [0.05, 0.1) is 5.71 Å². The standard InChI is InChI=1S/C20H19ClN2O6/c1-13(15-4-7-17-18(8-15)28-12-27-17)23-29-11-20(25)26-10-19(24)22-9-14-2-5-16(21)6-3-14/h2-8H,9-12H2,1H3,(H,22,24)/b23-13+. The Morgan fingerprint density at radius 2 is 1.86 bits per heavy atom. The van der Waals surface area contributed by atoms with Gasteiger partial charge in [-0.25, -0.2) is 4.79 Å². The Hall–Kier alpha value is -3.26. The predicted octanol–water partition coefficient (Wildman–Crippen LogP) is 2.67. The van der Waals surface area contributed by atoms with E-state index >= 15 is 0 Å². The van der Waals surface area contributed by atoms with Crippen LogP contribution in [0.2, 0.25) is 5.02 Å². The molecule has 29 heavy (non-hydrogen) atoms. The number of fused-ring (bicyclic) bond motifs is 1. The third kappa shape index (κ3) is 6.11. The lowest BCUT2D eigenvalue weighted by atomic mass is 10.1. The minimum absolute atomic E-state index is 0.185. The van der Waals surface area contributed by atoms with Crippen molar-refractivity contribution in [3.63, 3.8) is 0 Å². The van der Waals surface area contributed by atoms with Crippen molar-refractivity contribution >= 4 is 29.2 Å². The fraction of sp³-hybridized carbons (Fsp3) is 0.250. The molecule has 0 spiro atoms. The molecule has 0 aromatic heterocycles. The minimum Gasteiger partial charge on any atom is -0.454 e. The van der Waals surface area contributed by atoms with E-state index in [0.29, 0.717) is 28.8 Å². The summed E-state index contributed by atoms with van der Waals surface area (Å²) in [6, 6.07) is 12.4. The van der Waals surface area contributed by atoms with Crippen molar-refractivity contribution in [1.29, 1.82) is 0 Å². The van der Waals surface area contributed by atoms with E-state index in [1.165, 1.54) is 0 Å². The largest absolute Gasteiger partial charge is 0.454 e. The maximum atomic E-state index is 11.7. The number of esters is 1. The Kier molecular flexibility index (Phi) is 6.91. The molecule has 1 aliphatic rings. The number of carbonyl (C=O) groups is 2. The van der Waals surface area contributed by atoms with Crippen LogP contribution in [0.4, 0.5) is 0 Å². The van der Waals surface area contributed by atoms with Gasteiger partial charge in [-0.1, -0.05) is 28.9 Å². The highest BCUT2D eigenvalue weighted by Gasteiger charge is 2.14. The summed E-state index contributed by atoms with van der Waals surface area (Å²) >= 11 is 5.80. The summed E-state index contributed by atoms with van der Waals surface area (Å²) in [5, 5.41) is 7.13. The number of halogens is 1. The number of ether oxygens (including phenoxy) is 3. The Labute approximate surface area is 172 Å². The monoisotopic (exact) mass is 418 g/mol. The molecule has 0 saturated carbocycles. The van der Waals surface area contributed by atoms with Crippen molar-refractivity contribution in [2.45, 2.75) is 13.5 Å². The van der Waals surface area contributed by atoms with Gasteiger partial charge in [-0.05, 0) is 42.8 Å². The summed E-state index contributed by atoms with van der Waals surface area (Å²) in [5.74, 6) is 0.170. The summed E-state index contributed by atoms with van der Waals surface area (Å²) < 4.78 is 15.4. The molecule has 1 heterocycles. The number of nitrogens with one attached hydrogen (secondary N) is 1. The molecule has 0 fully saturated rings. The zero-order valence-electron chi connectivity index (χ0n) is 15.6. The van der Waals surface area contributed by atoms with E-state index < -0.39 is 25.1 Å². The molecule has 0 aliphatic carbocycles. The molecule has 1 amide bonds. The van der Waals surface area contributed by atoms with E-state index in [4.69, 9.17) is 30.6 Å². The van der Waals surface area contributed by atoms with E-state index in [9.17, 15) is 9.59 Å². The summed E-state index contributed by atoms with van der Waals surface area (Å²) in [6.45, 7) is 1.41. The van der Waals surface area contributed by atoms with E-state index in [1.807, 2.05) is 0 Å². The number of carbonyl (C=O) groups excluding carboxylic acids is 2. The zero-order valence-corrected chi connectivity index (χ0v) is 16.4. The Morgan fingerprint density at radius 3 is 2.66 bits per heavy atom. The number of benzene rings is 2. The number of hydrogen-bond donors (Lipinski definition) is 1. The van der Waals surface area contributed by atoms with Crippen LogP contribution in [0.25, 0.3) is 0 Å². The summed E-state index contributed by atoms with van der Waals surface area (Å²) in [7, 11) is 0. The molecule has 1 N–H and O–H groups in total. The lowest BCUT2D eigenvalue weighted by Gasteiger charge is -2.07. The second kappa shape index (κ2) is 9.79. The number of nitrogens with zero attached hydrogens (tertiary/aromatic N) is 1. The fourth-order valence-electron chi connectivity index (χ4n) is 2.40. The first-order valence-corrected chi connectivity index (χ1v) is 9.12. The molecule has 1 aliphatic heterocycles. The lowest BCUT2D eigenvalue weighted by molar-refractivity contribution is -0.152. The zero-order chi connectivity index (χ0) is 20.6. The number of amides is 1. The van der Waals surface area contributed by atoms with E-state index in [2.05, 4.69) is 10.5 Å². The van der Waals surface area contributed by atoms with Gasteiger partial charge in [-0.15, -0.1) is 0 Å². The molecule has 8 nitrogen and oxygen atoms in total. The molecular formula is C20H19ClN2O6. The lowest BCUT2D eigenvalue weighted by Crippen LogP contribution is -2.29. The third-order valence-corrected chi connectivity index (χ3v) is 4.19. The summed E-state index contributed by atoms with van der Waals surface area (Å²) in [4.78, 5) is 28.4. The number of rotatable bonds is 8. The van der Waals surface area contributed by atoms with Crippen molar-refractivity contribution < 1.29 is 28.6 Å². The van der Waals surface area contributed by atoms with E-state index in [0.717, 1.165) is 11.1 Å². The Morgan fingerprint density at radius 1 is 1.10 bits per heavy atom. The Bertz CT molecular complexity index is 914. The van der Waals surface area contributed by atoms with Crippen molar-refractivity contribution in [3.05, 3.63) is 58.6 Å². The number of hydrogen-bond acceptors (Lipinski definition) is 7. The first-order chi connectivity index (χ1) is 14.0. The SMILES string of the molecule is C/C(=N\OCC(=O)OCC(=O)NCc1ccc(Cl)cc1)c1ccc2c(c1)OCO2. The maximum absolute atomic E-state index is 11.7. The third-order valence-electron chi connectivity index (χ3n) is 3.94. The van der Waals surface area contributed by atoms with Crippen molar-refractivity contribution in [1.82, 2.24) is 5.32 Å². The average Bonchev–Trinajstić information content (AvgIpc) is 3.19. The van der Waals surface area contributed by atoms with Gasteiger partial charge in [0, 0.05) is 17.1 Å². The highest BCUT2D eigenvalue weighted by Crippen LogP contribution is 2.32. The second-order valence-corrected chi connectivity index (χ2v) is 6.52. The average molecular weight is 419 g/mol. The van der Waals surface area contributed by atoms with Gasteiger partial charge in [-0.2, -0.15) is 0 Å². The molecule has 0 bridgehead atoms. The molecule has 0 saturated heterocycles. The normalized spacial score (nSPS) is 12.4.